The van der Waals surface area contributed by atoms with Crippen LogP contribution in [0.3, 0.4) is 0 Å². The Morgan fingerprint density at radius 2 is 1.94 bits per heavy atom. The summed E-state index contributed by atoms with van der Waals surface area (Å²) in [5.41, 5.74) is 6.64. The molecular weight excluding hydrogens is 313 g/mol. The number of rotatable bonds is 4. The molecule has 0 aromatic heterocycles. The van der Waals surface area contributed by atoms with Gasteiger partial charge in [0.25, 0.3) is 0 Å². The first-order valence-electron chi connectivity index (χ1n) is 5.64. The minimum Gasteiger partial charge on any atom is -0.329 e. The van der Waals surface area contributed by atoms with E-state index in [1.807, 2.05) is 24.3 Å². The van der Waals surface area contributed by atoms with Gasteiger partial charge < -0.3 is 5.73 Å². The SMILES string of the molecule is NCC1(C(=O)Cc2ccc(I)cc2)CCC1. The number of hydrogen-bond donors (Lipinski definition) is 1. The van der Waals surface area contributed by atoms with Crippen molar-refractivity contribution in [3.05, 3.63) is 33.4 Å². The Balaban J connectivity index is 2.04. The zero-order valence-corrected chi connectivity index (χ0v) is 11.4. The Morgan fingerprint density at radius 1 is 1.31 bits per heavy atom. The highest BCUT2D eigenvalue weighted by molar-refractivity contribution is 14.1. The lowest BCUT2D eigenvalue weighted by Gasteiger charge is -2.39. The molecule has 0 heterocycles. The third kappa shape index (κ3) is 2.30. The summed E-state index contributed by atoms with van der Waals surface area (Å²) in [4.78, 5) is 12.2. The van der Waals surface area contributed by atoms with Gasteiger partial charge in [-0.2, -0.15) is 0 Å². The Labute approximate surface area is 110 Å². The molecule has 0 spiro atoms. The predicted octanol–water partition coefficient (Wildman–Crippen LogP) is 2.53. The number of Topliss-reactive ketones (excluding diaryl/α,β-unsaturated/α-hetero) is 1. The van der Waals surface area contributed by atoms with Gasteiger partial charge in [-0.1, -0.05) is 18.6 Å². The summed E-state index contributed by atoms with van der Waals surface area (Å²) >= 11 is 2.27. The summed E-state index contributed by atoms with van der Waals surface area (Å²) in [6, 6.07) is 8.14. The smallest absolute Gasteiger partial charge is 0.144 e. The van der Waals surface area contributed by atoms with Gasteiger partial charge in [-0.05, 0) is 53.1 Å². The molecule has 1 aliphatic carbocycles. The molecule has 1 aliphatic rings. The minimum atomic E-state index is -0.191. The van der Waals surface area contributed by atoms with Gasteiger partial charge in [0.05, 0.1) is 0 Å². The molecule has 1 fully saturated rings. The fraction of sp³-hybridized carbons (Fsp3) is 0.462. The summed E-state index contributed by atoms with van der Waals surface area (Å²) < 4.78 is 1.20. The molecule has 1 aromatic carbocycles. The molecule has 2 N–H and O–H groups in total. The lowest BCUT2D eigenvalue weighted by molar-refractivity contribution is -0.132. The molecule has 16 heavy (non-hydrogen) atoms. The third-order valence-corrected chi connectivity index (χ3v) is 4.29. The Morgan fingerprint density at radius 3 is 2.38 bits per heavy atom. The number of hydrogen-bond acceptors (Lipinski definition) is 2. The summed E-state index contributed by atoms with van der Waals surface area (Å²) in [5, 5.41) is 0. The number of nitrogens with two attached hydrogens (primary N) is 1. The number of halogens is 1. The molecule has 86 valence electrons. The van der Waals surface area contributed by atoms with Crippen LogP contribution in [0.1, 0.15) is 24.8 Å². The van der Waals surface area contributed by atoms with Crippen LogP contribution in [0.5, 0.6) is 0 Å². The van der Waals surface area contributed by atoms with Gasteiger partial charge in [0.1, 0.15) is 5.78 Å². The lowest BCUT2D eigenvalue weighted by Crippen LogP contribution is -2.45. The van der Waals surface area contributed by atoms with Gasteiger partial charge in [0.2, 0.25) is 0 Å². The molecule has 2 rings (SSSR count). The number of carbonyl (C=O) groups is 1. The molecule has 1 saturated carbocycles. The number of carbonyl (C=O) groups excluding carboxylic acids is 1. The first-order valence-corrected chi connectivity index (χ1v) is 6.72. The predicted molar refractivity (Wildman–Crippen MR) is 73.2 cm³/mol. The van der Waals surface area contributed by atoms with Crippen molar-refractivity contribution in [2.45, 2.75) is 25.7 Å². The van der Waals surface area contributed by atoms with Crippen molar-refractivity contribution in [1.82, 2.24) is 0 Å². The molecule has 2 nitrogen and oxygen atoms in total. The van der Waals surface area contributed by atoms with Crippen LogP contribution in [0, 0.1) is 8.99 Å². The molecule has 0 bridgehead atoms. The van der Waals surface area contributed by atoms with Crippen LogP contribution in [-0.4, -0.2) is 12.3 Å². The molecule has 0 saturated heterocycles. The highest BCUT2D eigenvalue weighted by Gasteiger charge is 2.41. The Hall–Kier alpha value is -0.420. The van der Waals surface area contributed by atoms with E-state index in [9.17, 15) is 4.79 Å². The van der Waals surface area contributed by atoms with Crippen LogP contribution in [0.4, 0.5) is 0 Å². The third-order valence-electron chi connectivity index (χ3n) is 3.57. The van der Waals surface area contributed by atoms with Crippen molar-refractivity contribution in [3.63, 3.8) is 0 Å². The van der Waals surface area contributed by atoms with Crippen LogP contribution < -0.4 is 5.73 Å². The number of benzene rings is 1. The zero-order chi connectivity index (χ0) is 11.6. The van der Waals surface area contributed by atoms with E-state index in [2.05, 4.69) is 22.6 Å². The second-order valence-corrected chi connectivity index (χ2v) is 5.81. The molecular formula is C13H16INO. The molecule has 0 atom stereocenters. The van der Waals surface area contributed by atoms with E-state index in [0.29, 0.717) is 18.7 Å². The molecule has 0 unspecified atom stereocenters. The summed E-state index contributed by atoms with van der Waals surface area (Å²) in [6.07, 6.45) is 3.64. The molecule has 1 aromatic rings. The van der Waals surface area contributed by atoms with Gasteiger partial charge in [0.15, 0.2) is 0 Å². The monoisotopic (exact) mass is 329 g/mol. The van der Waals surface area contributed by atoms with E-state index in [0.717, 1.165) is 24.8 Å². The fourth-order valence-corrected chi connectivity index (χ4v) is 2.54. The maximum atomic E-state index is 12.2. The molecule has 0 aliphatic heterocycles. The van der Waals surface area contributed by atoms with Crippen molar-refractivity contribution < 1.29 is 4.79 Å². The topological polar surface area (TPSA) is 43.1 Å². The van der Waals surface area contributed by atoms with Crippen molar-refractivity contribution in [3.8, 4) is 0 Å². The van der Waals surface area contributed by atoms with E-state index in [-0.39, 0.29) is 5.41 Å². The van der Waals surface area contributed by atoms with Crippen LogP contribution in [0.25, 0.3) is 0 Å². The van der Waals surface area contributed by atoms with Crippen molar-refractivity contribution in [2.75, 3.05) is 6.54 Å². The highest BCUT2D eigenvalue weighted by atomic mass is 127. The largest absolute Gasteiger partial charge is 0.329 e. The average molecular weight is 329 g/mol. The van der Waals surface area contributed by atoms with Gasteiger partial charge in [0, 0.05) is 22.0 Å². The van der Waals surface area contributed by atoms with E-state index < -0.39 is 0 Å². The van der Waals surface area contributed by atoms with Crippen LogP contribution >= 0.6 is 22.6 Å². The molecule has 3 heteroatoms. The Bertz CT molecular complexity index is 376. The normalized spacial score (nSPS) is 17.9. The van der Waals surface area contributed by atoms with Crippen LogP contribution in [0.15, 0.2) is 24.3 Å². The quantitative estimate of drug-likeness (QED) is 0.863. The van der Waals surface area contributed by atoms with Gasteiger partial charge in [-0.25, -0.2) is 0 Å². The van der Waals surface area contributed by atoms with Crippen LogP contribution in [-0.2, 0) is 11.2 Å². The van der Waals surface area contributed by atoms with E-state index >= 15 is 0 Å². The summed E-state index contributed by atoms with van der Waals surface area (Å²) in [7, 11) is 0. The highest BCUT2D eigenvalue weighted by Crippen LogP contribution is 2.41. The van der Waals surface area contributed by atoms with E-state index in [1.54, 1.807) is 0 Å². The standard InChI is InChI=1S/C13H16INO/c14-11-4-2-10(3-5-11)8-12(16)13(9-15)6-1-7-13/h2-5H,1,6-9,15H2. The summed E-state index contributed by atoms with van der Waals surface area (Å²) in [5.74, 6) is 0.322. The molecule has 0 amide bonds. The Kier molecular flexibility index (Phi) is 3.64. The second kappa shape index (κ2) is 4.84. The van der Waals surface area contributed by atoms with Gasteiger partial charge in [-0.3, -0.25) is 4.79 Å². The van der Waals surface area contributed by atoms with Crippen molar-refractivity contribution in [2.24, 2.45) is 11.1 Å². The second-order valence-electron chi connectivity index (χ2n) is 4.56. The van der Waals surface area contributed by atoms with Crippen molar-refractivity contribution >= 4 is 28.4 Å². The van der Waals surface area contributed by atoms with E-state index in [4.69, 9.17) is 5.73 Å². The summed E-state index contributed by atoms with van der Waals surface area (Å²) in [6.45, 7) is 0.510. The average Bonchev–Trinajstić information content (AvgIpc) is 2.21. The maximum Gasteiger partial charge on any atom is 0.144 e. The molecule has 0 radical (unpaired) electrons. The minimum absolute atomic E-state index is 0.191. The fourth-order valence-electron chi connectivity index (χ4n) is 2.18. The first-order chi connectivity index (χ1) is 7.66. The zero-order valence-electron chi connectivity index (χ0n) is 9.21. The van der Waals surface area contributed by atoms with Crippen LogP contribution in [0.2, 0.25) is 0 Å². The maximum absolute atomic E-state index is 12.2. The van der Waals surface area contributed by atoms with Gasteiger partial charge in [-0.15, -0.1) is 0 Å². The first kappa shape index (κ1) is 12.0. The van der Waals surface area contributed by atoms with Crippen molar-refractivity contribution in [1.29, 1.82) is 0 Å². The number of ketones is 1. The lowest BCUT2D eigenvalue weighted by atomic mass is 9.65. The van der Waals surface area contributed by atoms with E-state index in [1.165, 1.54) is 3.57 Å². The van der Waals surface area contributed by atoms with Gasteiger partial charge >= 0.3 is 0 Å².